The molecule has 2 amide bonds. The topological polar surface area (TPSA) is 67.2 Å². The number of nitrogens with one attached hydrogen (secondary N) is 1. The summed E-state index contributed by atoms with van der Waals surface area (Å²) in [4.78, 5) is 28.7. The highest BCUT2D eigenvalue weighted by Gasteiger charge is 2.37. The molecule has 0 fully saturated rings. The average molecular weight is 553 g/mol. The van der Waals surface area contributed by atoms with Gasteiger partial charge in [-0.1, -0.05) is 92.2 Å². The number of carbonyl (C=O) groups excluding carboxylic acids is 2. The van der Waals surface area contributed by atoms with Crippen LogP contribution in [0.2, 0.25) is 0 Å². The number of nitrogens with zero attached hydrogens (tertiary/aromatic N) is 3. The molecule has 5 rings (SSSR count). The van der Waals surface area contributed by atoms with E-state index in [4.69, 9.17) is 5.10 Å². The van der Waals surface area contributed by atoms with Crippen LogP contribution in [0, 0.1) is 19.8 Å². The molecule has 1 aliphatic rings. The number of benzene rings is 3. The maximum atomic E-state index is 13.8. The van der Waals surface area contributed by atoms with Gasteiger partial charge in [-0.05, 0) is 43.4 Å². The molecule has 0 saturated heterocycles. The number of hydrogen-bond donors (Lipinski definition) is 1. The van der Waals surface area contributed by atoms with Gasteiger partial charge in [-0.25, -0.2) is 4.68 Å². The first-order valence-electron chi connectivity index (χ1n) is 13.8. The molecule has 3 aromatic carbocycles. The molecule has 0 saturated carbocycles. The fourth-order valence-corrected chi connectivity index (χ4v) is 6.28. The molecule has 4 aromatic rings. The number of rotatable bonds is 8. The summed E-state index contributed by atoms with van der Waals surface area (Å²) in [5, 5.41) is 8.07. The van der Waals surface area contributed by atoms with Crippen molar-refractivity contribution in [1.82, 2.24) is 15.1 Å². The lowest BCUT2D eigenvalue weighted by atomic mass is 9.98. The summed E-state index contributed by atoms with van der Waals surface area (Å²) in [6.07, 6.45) is 0.884. The number of para-hydroxylation sites is 1. The first-order valence-corrected chi connectivity index (χ1v) is 14.9. The molecular weight excluding hydrogens is 516 g/mol. The minimum atomic E-state index is -0.169. The van der Waals surface area contributed by atoms with E-state index in [1.807, 2.05) is 54.1 Å². The molecule has 1 aromatic heterocycles. The van der Waals surface area contributed by atoms with Gasteiger partial charge in [0.2, 0.25) is 11.8 Å². The van der Waals surface area contributed by atoms with Crippen LogP contribution in [-0.2, 0) is 9.59 Å². The molecule has 1 unspecified atom stereocenters. The van der Waals surface area contributed by atoms with Gasteiger partial charge in [0.05, 0.1) is 22.4 Å². The summed E-state index contributed by atoms with van der Waals surface area (Å²) < 4.78 is 1.88. The molecule has 2 heterocycles. The zero-order valence-corrected chi connectivity index (χ0v) is 24.4. The van der Waals surface area contributed by atoms with Gasteiger partial charge in [0.15, 0.2) is 0 Å². The Kier molecular flexibility index (Phi) is 8.40. The van der Waals surface area contributed by atoms with E-state index in [2.05, 4.69) is 62.5 Å². The normalized spacial score (nSPS) is 15.2. The Morgan fingerprint density at radius 2 is 1.77 bits per heavy atom. The Balaban J connectivity index is 1.74. The maximum Gasteiger partial charge on any atom is 0.240 e. The number of anilines is 1. The van der Waals surface area contributed by atoms with E-state index < -0.39 is 0 Å². The van der Waals surface area contributed by atoms with Gasteiger partial charge in [-0.15, -0.1) is 11.8 Å². The number of hydrogen-bond acceptors (Lipinski definition) is 4. The number of aromatic nitrogens is 2. The molecule has 206 valence electrons. The molecule has 1 N–H and O–H groups in total. The summed E-state index contributed by atoms with van der Waals surface area (Å²) in [5.41, 5.74) is 6.93. The molecule has 0 spiro atoms. The van der Waals surface area contributed by atoms with E-state index >= 15 is 0 Å². The predicted octanol–water partition coefficient (Wildman–Crippen LogP) is 6.49. The summed E-state index contributed by atoms with van der Waals surface area (Å²) in [6, 6.07) is 26.6. The van der Waals surface area contributed by atoms with Crippen LogP contribution < -0.4 is 10.2 Å². The van der Waals surface area contributed by atoms with E-state index in [1.165, 1.54) is 0 Å². The molecule has 0 radical (unpaired) electrons. The number of carbonyl (C=O) groups is 2. The van der Waals surface area contributed by atoms with Gasteiger partial charge >= 0.3 is 0 Å². The minimum Gasteiger partial charge on any atom is -0.355 e. The van der Waals surface area contributed by atoms with Crippen LogP contribution in [0.15, 0.2) is 78.9 Å². The average Bonchev–Trinajstić information content (AvgIpc) is 3.25. The second-order valence-corrected chi connectivity index (χ2v) is 11.9. The highest BCUT2D eigenvalue weighted by Crippen LogP contribution is 2.48. The SMILES string of the molecule is Cc1cccc(C2SCC(=O)N(CC(=O)NCCC(C)C)c3c2c(-c2ccccc2)nn3-c2ccccc2C)c1. The highest BCUT2D eigenvalue weighted by atomic mass is 32.2. The van der Waals surface area contributed by atoms with Crippen LogP contribution in [-0.4, -0.2) is 40.4 Å². The third-order valence-corrected chi connectivity index (χ3v) is 8.43. The van der Waals surface area contributed by atoms with Crippen LogP contribution >= 0.6 is 11.8 Å². The Morgan fingerprint density at radius 3 is 2.50 bits per heavy atom. The molecule has 40 heavy (non-hydrogen) atoms. The van der Waals surface area contributed by atoms with Crippen molar-refractivity contribution in [2.45, 2.75) is 39.4 Å². The number of amides is 2. The predicted molar refractivity (Wildman–Crippen MR) is 164 cm³/mol. The van der Waals surface area contributed by atoms with E-state index in [-0.39, 0.29) is 29.4 Å². The van der Waals surface area contributed by atoms with Gasteiger partial charge in [0.1, 0.15) is 12.4 Å². The fourth-order valence-electron chi connectivity index (χ4n) is 5.09. The molecule has 1 aliphatic heterocycles. The summed E-state index contributed by atoms with van der Waals surface area (Å²) in [6.45, 7) is 8.91. The number of aryl methyl sites for hydroxylation is 2. The van der Waals surface area contributed by atoms with Crippen molar-refractivity contribution in [2.75, 3.05) is 23.7 Å². The van der Waals surface area contributed by atoms with E-state index in [0.29, 0.717) is 18.3 Å². The van der Waals surface area contributed by atoms with Crippen molar-refractivity contribution in [3.05, 3.63) is 101 Å². The molecular formula is C33H36N4O2S. The van der Waals surface area contributed by atoms with Crippen molar-refractivity contribution < 1.29 is 9.59 Å². The molecule has 6 nitrogen and oxygen atoms in total. The van der Waals surface area contributed by atoms with Crippen LogP contribution in [0.25, 0.3) is 16.9 Å². The van der Waals surface area contributed by atoms with Gasteiger partial charge in [0, 0.05) is 17.7 Å². The van der Waals surface area contributed by atoms with Gasteiger partial charge in [0.25, 0.3) is 0 Å². The summed E-state index contributed by atoms with van der Waals surface area (Å²) in [7, 11) is 0. The van der Waals surface area contributed by atoms with Crippen LogP contribution in [0.3, 0.4) is 0 Å². The Hall–Kier alpha value is -3.84. The van der Waals surface area contributed by atoms with Crippen molar-refractivity contribution in [3.63, 3.8) is 0 Å². The lowest BCUT2D eigenvalue weighted by Gasteiger charge is -2.24. The van der Waals surface area contributed by atoms with Gasteiger partial charge < -0.3 is 5.32 Å². The fraction of sp³-hybridized carbons (Fsp3) is 0.303. The second-order valence-electron chi connectivity index (χ2n) is 10.8. The summed E-state index contributed by atoms with van der Waals surface area (Å²) >= 11 is 1.59. The van der Waals surface area contributed by atoms with E-state index in [9.17, 15) is 9.59 Å². The van der Waals surface area contributed by atoms with Crippen molar-refractivity contribution >= 4 is 29.4 Å². The lowest BCUT2D eigenvalue weighted by Crippen LogP contribution is -2.42. The smallest absolute Gasteiger partial charge is 0.240 e. The Bertz CT molecular complexity index is 1510. The Labute approximate surface area is 240 Å². The summed E-state index contributed by atoms with van der Waals surface area (Å²) in [5.74, 6) is 1.13. The van der Waals surface area contributed by atoms with Crippen LogP contribution in [0.1, 0.15) is 47.8 Å². The zero-order valence-electron chi connectivity index (χ0n) is 23.6. The molecule has 1 atom stereocenters. The third kappa shape index (κ3) is 5.85. The van der Waals surface area contributed by atoms with Gasteiger partial charge in [-0.3, -0.25) is 14.5 Å². The first kappa shape index (κ1) is 27.7. The monoisotopic (exact) mass is 552 g/mol. The second kappa shape index (κ2) is 12.1. The van der Waals surface area contributed by atoms with Crippen molar-refractivity contribution in [2.24, 2.45) is 5.92 Å². The largest absolute Gasteiger partial charge is 0.355 e. The first-order chi connectivity index (χ1) is 19.3. The molecule has 0 aliphatic carbocycles. The van der Waals surface area contributed by atoms with Crippen molar-refractivity contribution in [1.29, 1.82) is 0 Å². The number of fused-ring (bicyclic) bond motifs is 1. The molecule has 0 bridgehead atoms. The van der Waals surface area contributed by atoms with Crippen LogP contribution in [0.4, 0.5) is 5.82 Å². The maximum absolute atomic E-state index is 13.8. The highest BCUT2D eigenvalue weighted by molar-refractivity contribution is 8.00. The van der Waals surface area contributed by atoms with Crippen molar-refractivity contribution in [3.8, 4) is 16.9 Å². The standard InChI is InChI=1S/C33H36N4O2S/c1-22(2)17-18-34-28(38)20-36-29(39)21-40-32(26-15-10-11-23(3)19-26)30-31(25-13-6-5-7-14-25)35-37(33(30)36)27-16-9-8-12-24(27)4/h5-16,19,22,32H,17-18,20-21H2,1-4H3,(H,34,38). The Morgan fingerprint density at radius 1 is 1.02 bits per heavy atom. The van der Waals surface area contributed by atoms with E-state index in [1.54, 1.807) is 16.7 Å². The molecule has 7 heteroatoms. The van der Waals surface area contributed by atoms with Gasteiger partial charge in [-0.2, -0.15) is 5.10 Å². The third-order valence-electron chi connectivity index (χ3n) is 7.17. The minimum absolute atomic E-state index is 0.0587. The quantitative estimate of drug-likeness (QED) is 0.271. The van der Waals surface area contributed by atoms with E-state index in [0.717, 1.165) is 45.6 Å². The lowest BCUT2D eigenvalue weighted by molar-refractivity contribution is -0.122. The number of thioether (sulfide) groups is 1. The zero-order chi connectivity index (χ0) is 28.2. The van der Waals surface area contributed by atoms with Crippen LogP contribution in [0.5, 0.6) is 0 Å².